The van der Waals surface area contributed by atoms with Gasteiger partial charge in [-0.25, -0.2) is 4.79 Å². The molecule has 0 spiro atoms. The highest BCUT2D eigenvalue weighted by Gasteiger charge is 2.04. The van der Waals surface area contributed by atoms with Gasteiger partial charge in [-0.2, -0.15) is 0 Å². The maximum absolute atomic E-state index is 12.4. The maximum Gasteiger partial charge on any atom is 0.336 e. The number of benzene rings is 3. The van der Waals surface area contributed by atoms with Crippen molar-refractivity contribution in [3.63, 3.8) is 0 Å². The Balaban J connectivity index is 1.40. The van der Waals surface area contributed by atoms with Crippen molar-refractivity contribution in [3.8, 4) is 17.2 Å². The number of methoxy groups -OCH3 is 1. The number of unbranched alkanes of at least 4 members (excludes halogenated alkanes) is 7. The zero-order valence-corrected chi connectivity index (χ0v) is 23.6. The Morgan fingerprint density at radius 1 is 0.675 bits per heavy atom. The van der Waals surface area contributed by atoms with E-state index in [2.05, 4.69) is 6.92 Å². The van der Waals surface area contributed by atoms with Crippen molar-refractivity contribution in [2.75, 3.05) is 13.7 Å². The summed E-state index contributed by atoms with van der Waals surface area (Å²) in [5, 5.41) is 0. The summed E-state index contributed by atoms with van der Waals surface area (Å²) >= 11 is 0. The first-order valence-corrected chi connectivity index (χ1v) is 14.2. The molecule has 0 atom stereocenters. The van der Waals surface area contributed by atoms with Gasteiger partial charge in [-0.05, 0) is 78.2 Å². The third-order valence-electron chi connectivity index (χ3n) is 6.44. The van der Waals surface area contributed by atoms with Crippen molar-refractivity contribution in [3.05, 3.63) is 102 Å². The Hall–Kier alpha value is -4.12. The van der Waals surface area contributed by atoms with Crippen LogP contribution in [0.3, 0.4) is 0 Å². The van der Waals surface area contributed by atoms with E-state index in [1.165, 1.54) is 57.1 Å². The van der Waals surface area contributed by atoms with Crippen LogP contribution < -0.4 is 14.2 Å². The summed E-state index contributed by atoms with van der Waals surface area (Å²) in [6, 6.07) is 21.6. The topological polar surface area (TPSA) is 61.8 Å². The third-order valence-corrected chi connectivity index (χ3v) is 6.44. The van der Waals surface area contributed by atoms with Crippen LogP contribution in [0.15, 0.2) is 84.9 Å². The number of esters is 1. The molecule has 40 heavy (non-hydrogen) atoms. The lowest BCUT2D eigenvalue weighted by Gasteiger charge is -2.06. The number of ether oxygens (including phenoxy) is 3. The first-order valence-electron chi connectivity index (χ1n) is 14.2. The van der Waals surface area contributed by atoms with Crippen molar-refractivity contribution in [2.24, 2.45) is 0 Å². The average molecular weight is 541 g/mol. The minimum absolute atomic E-state index is 0.127. The highest BCUT2D eigenvalue weighted by molar-refractivity contribution is 6.06. The molecule has 0 saturated carbocycles. The normalized spacial score (nSPS) is 11.2. The first kappa shape index (κ1) is 30.4. The van der Waals surface area contributed by atoms with Gasteiger partial charge in [0, 0.05) is 11.6 Å². The smallest absolute Gasteiger partial charge is 0.336 e. The number of ketones is 1. The molecule has 210 valence electrons. The van der Waals surface area contributed by atoms with Gasteiger partial charge >= 0.3 is 5.97 Å². The van der Waals surface area contributed by atoms with E-state index in [-0.39, 0.29) is 5.78 Å². The van der Waals surface area contributed by atoms with E-state index in [1.54, 1.807) is 61.7 Å². The van der Waals surface area contributed by atoms with Crippen LogP contribution in [0.1, 0.15) is 79.8 Å². The highest BCUT2D eigenvalue weighted by atomic mass is 16.5. The Labute approximate surface area is 238 Å². The molecule has 5 nitrogen and oxygen atoms in total. The van der Waals surface area contributed by atoms with Crippen LogP contribution in [0.4, 0.5) is 0 Å². The van der Waals surface area contributed by atoms with Crippen LogP contribution in [-0.2, 0) is 4.79 Å². The Bertz CT molecular complexity index is 1240. The van der Waals surface area contributed by atoms with Gasteiger partial charge in [0.15, 0.2) is 5.78 Å². The number of allylic oxidation sites excluding steroid dienone is 1. The molecule has 0 aliphatic rings. The molecule has 0 amide bonds. The average Bonchev–Trinajstić information content (AvgIpc) is 2.99. The predicted molar refractivity (Wildman–Crippen MR) is 162 cm³/mol. The summed E-state index contributed by atoms with van der Waals surface area (Å²) < 4.78 is 16.4. The summed E-state index contributed by atoms with van der Waals surface area (Å²) in [4.78, 5) is 24.8. The fourth-order valence-corrected chi connectivity index (χ4v) is 4.12. The summed E-state index contributed by atoms with van der Waals surface area (Å²) in [5.74, 6) is 1.32. The minimum atomic E-state index is -0.481. The second-order valence-corrected chi connectivity index (χ2v) is 9.65. The molecule has 5 heteroatoms. The Morgan fingerprint density at radius 2 is 1.32 bits per heavy atom. The molecular weight excluding hydrogens is 500 g/mol. The zero-order valence-electron chi connectivity index (χ0n) is 23.6. The van der Waals surface area contributed by atoms with Crippen molar-refractivity contribution in [1.82, 2.24) is 0 Å². The second kappa shape index (κ2) is 17.5. The van der Waals surface area contributed by atoms with E-state index < -0.39 is 5.97 Å². The third kappa shape index (κ3) is 11.3. The lowest BCUT2D eigenvalue weighted by molar-refractivity contribution is -0.128. The lowest BCUT2D eigenvalue weighted by Crippen LogP contribution is -2.03. The van der Waals surface area contributed by atoms with Crippen molar-refractivity contribution in [2.45, 2.75) is 58.3 Å². The number of carbonyl (C=O) groups excluding carboxylic acids is 2. The Kier molecular flexibility index (Phi) is 13.3. The van der Waals surface area contributed by atoms with E-state index in [1.807, 2.05) is 30.3 Å². The zero-order chi connectivity index (χ0) is 28.4. The van der Waals surface area contributed by atoms with E-state index >= 15 is 0 Å². The lowest BCUT2D eigenvalue weighted by atomic mass is 10.1. The monoisotopic (exact) mass is 540 g/mol. The molecule has 0 N–H and O–H groups in total. The second-order valence-electron chi connectivity index (χ2n) is 9.65. The summed E-state index contributed by atoms with van der Waals surface area (Å²) in [5.41, 5.74) is 2.19. The fourth-order valence-electron chi connectivity index (χ4n) is 4.12. The molecule has 0 unspecified atom stereocenters. The van der Waals surface area contributed by atoms with Gasteiger partial charge in [-0.3, -0.25) is 4.79 Å². The molecule has 0 saturated heterocycles. The molecule has 0 aliphatic carbocycles. The molecule has 0 bridgehead atoms. The molecule has 0 fully saturated rings. The molecular formula is C35H40O5. The quantitative estimate of drug-likeness (QED) is 0.0563. The maximum atomic E-state index is 12.4. The van der Waals surface area contributed by atoms with E-state index in [9.17, 15) is 9.59 Å². The van der Waals surface area contributed by atoms with Crippen LogP contribution >= 0.6 is 0 Å². The van der Waals surface area contributed by atoms with Gasteiger partial charge in [0.1, 0.15) is 17.2 Å². The van der Waals surface area contributed by atoms with Crippen LogP contribution in [0, 0.1) is 0 Å². The number of hydrogen-bond donors (Lipinski definition) is 0. The number of rotatable bonds is 17. The number of hydrogen-bond acceptors (Lipinski definition) is 5. The van der Waals surface area contributed by atoms with E-state index in [0.717, 1.165) is 29.9 Å². The molecule has 3 rings (SSSR count). The van der Waals surface area contributed by atoms with Gasteiger partial charge in [-0.15, -0.1) is 0 Å². The van der Waals surface area contributed by atoms with Gasteiger partial charge < -0.3 is 14.2 Å². The standard InChI is InChI=1S/C35H40O5/c1-3-4-5-6-7-8-9-10-26-39-32-20-14-28(15-21-32)17-25-35(37)40-33-13-11-12-29(27-33)16-24-34(36)30-18-22-31(38-2)23-19-30/h11-25,27H,3-10,26H2,1-2H3/b24-16+,25-17+. The van der Waals surface area contributed by atoms with Crippen molar-refractivity contribution < 1.29 is 23.8 Å². The summed E-state index contributed by atoms with van der Waals surface area (Å²) in [6.07, 6.45) is 16.5. The fraction of sp³-hybridized carbons (Fsp3) is 0.314. The summed E-state index contributed by atoms with van der Waals surface area (Å²) in [7, 11) is 1.58. The van der Waals surface area contributed by atoms with Crippen LogP contribution in [-0.4, -0.2) is 25.5 Å². The number of carbonyl (C=O) groups is 2. The molecule has 0 radical (unpaired) electrons. The molecule has 0 heterocycles. The van der Waals surface area contributed by atoms with Crippen molar-refractivity contribution >= 4 is 23.9 Å². The van der Waals surface area contributed by atoms with Gasteiger partial charge in [0.25, 0.3) is 0 Å². The minimum Gasteiger partial charge on any atom is -0.497 e. The van der Waals surface area contributed by atoms with Crippen LogP contribution in [0.2, 0.25) is 0 Å². The van der Waals surface area contributed by atoms with Gasteiger partial charge in [0.2, 0.25) is 0 Å². The summed E-state index contributed by atoms with van der Waals surface area (Å²) in [6.45, 7) is 2.97. The molecule has 0 aromatic heterocycles. The Morgan fingerprint density at radius 3 is 2.02 bits per heavy atom. The van der Waals surface area contributed by atoms with Gasteiger partial charge in [0.05, 0.1) is 13.7 Å². The van der Waals surface area contributed by atoms with Gasteiger partial charge in [-0.1, -0.05) is 82.2 Å². The van der Waals surface area contributed by atoms with E-state index in [4.69, 9.17) is 14.2 Å². The highest BCUT2D eigenvalue weighted by Crippen LogP contribution is 2.18. The largest absolute Gasteiger partial charge is 0.497 e. The first-order chi connectivity index (χ1) is 19.6. The SMILES string of the molecule is CCCCCCCCCCOc1ccc(/C=C/C(=O)Oc2cccc(/C=C/C(=O)c3ccc(OC)cc3)c2)cc1. The van der Waals surface area contributed by atoms with E-state index in [0.29, 0.717) is 17.1 Å². The molecule has 0 aliphatic heterocycles. The predicted octanol–water partition coefficient (Wildman–Crippen LogP) is 8.73. The van der Waals surface area contributed by atoms with Crippen LogP contribution in [0.25, 0.3) is 12.2 Å². The molecule has 3 aromatic carbocycles. The van der Waals surface area contributed by atoms with Crippen LogP contribution in [0.5, 0.6) is 17.2 Å². The molecule has 3 aromatic rings. The van der Waals surface area contributed by atoms with Crippen molar-refractivity contribution in [1.29, 1.82) is 0 Å².